The Bertz CT molecular complexity index is 3860. The van der Waals surface area contributed by atoms with Crippen LogP contribution in [-0.2, 0) is 81.3 Å². The molecule has 0 radical (unpaired) electrons. The van der Waals surface area contributed by atoms with Crippen LogP contribution < -0.4 is 47.5 Å². The number of hydrogen-bond acceptors (Lipinski definition) is 15. The number of aromatic nitrogens is 2. The molecule has 2 aromatic heterocycles. The summed E-state index contributed by atoms with van der Waals surface area (Å²) in [6.07, 6.45) is 3.75. The summed E-state index contributed by atoms with van der Waals surface area (Å²) in [6, 6.07) is 25.4. The second kappa shape index (κ2) is 29.3. The first-order valence-corrected chi connectivity index (χ1v) is 30.7. The number of amides is 7. The molecule has 5 atom stereocenters. The van der Waals surface area contributed by atoms with E-state index in [1.807, 2.05) is 74.5 Å². The van der Waals surface area contributed by atoms with E-state index in [1.54, 1.807) is 85.7 Å². The first kappa shape index (κ1) is 65.7. The van der Waals surface area contributed by atoms with E-state index in [1.165, 1.54) is 0 Å². The number of rotatable bonds is 25. The monoisotopic (exact) mass is 1240 g/mol. The third-order valence-corrected chi connectivity index (χ3v) is 16.5. The first-order valence-electron chi connectivity index (χ1n) is 30.7. The molecule has 91 heavy (non-hydrogen) atoms. The number of carbonyl (C=O) groups excluding carboxylic acids is 8. The van der Waals surface area contributed by atoms with Crippen molar-refractivity contribution in [1.29, 1.82) is 0 Å². The molecule has 0 saturated carbocycles. The van der Waals surface area contributed by atoms with Crippen molar-refractivity contribution in [3.05, 3.63) is 152 Å². The second-order valence-electron chi connectivity index (χ2n) is 23.4. The number of primary amides is 1. The van der Waals surface area contributed by atoms with E-state index in [2.05, 4.69) is 26.6 Å². The molecule has 0 fully saturated rings. The molecular weight excluding hydrogens is 1170 g/mol. The van der Waals surface area contributed by atoms with Gasteiger partial charge >= 0.3 is 18.2 Å². The molecule has 5 heterocycles. The number of nitrogens with zero attached hydrogens (tertiary/aromatic N) is 3. The summed E-state index contributed by atoms with van der Waals surface area (Å²) in [5.41, 5.74) is 11.3. The lowest BCUT2D eigenvalue weighted by Gasteiger charge is -2.31. The lowest BCUT2D eigenvalue weighted by molar-refractivity contribution is -0.172. The van der Waals surface area contributed by atoms with E-state index in [4.69, 9.17) is 29.7 Å². The maximum atomic E-state index is 13.9. The number of benzene rings is 4. The molecule has 0 bridgehead atoms. The number of nitrogens with one attached hydrogen (secondary N) is 5. The van der Waals surface area contributed by atoms with Crippen LogP contribution >= 0.6 is 0 Å². The molecule has 0 aliphatic carbocycles. The summed E-state index contributed by atoms with van der Waals surface area (Å²) >= 11 is 0. The number of aryl methyl sites for hydroxylation is 1. The highest BCUT2D eigenvalue weighted by Gasteiger charge is 2.45. The highest BCUT2D eigenvalue weighted by molar-refractivity contribution is 6.00. The fourth-order valence-electron chi connectivity index (χ4n) is 11.5. The Balaban J connectivity index is 0.727. The minimum atomic E-state index is -1.96. The van der Waals surface area contributed by atoms with Gasteiger partial charge in [-0.3, -0.25) is 28.8 Å². The minimum Gasteiger partial charge on any atom is -0.458 e. The van der Waals surface area contributed by atoms with Crippen molar-refractivity contribution in [3.63, 3.8) is 0 Å². The van der Waals surface area contributed by atoms with Gasteiger partial charge in [-0.2, -0.15) is 0 Å². The maximum Gasteiger partial charge on any atom is 0.514 e. The largest absolute Gasteiger partial charge is 0.514 e. The van der Waals surface area contributed by atoms with Crippen molar-refractivity contribution in [2.24, 2.45) is 11.7 Å². The fraction of sp³-hybridized carbons (Fsp3) is 0.382. The summed E-state index contributed by atoms with van der Waals surface area (Å²) in [7, 11) is 0. The Morgan fingerprint density at radius 3 is 2.27 bits per heavy atom. The molecule has 478 valence electrons. The van der Waals surface area contributed by atoms with Crippen LogP contribution in [0, 0.1) is 5.92 Å². The Morgan fingerprint density at radius 2 is 1.54 bits per heavy atom. The van der Waals surface area contributed by atoms with Crippen LogP contribution in [0.3, 0.4) is 0 Å². The average molecular weight is 1240 g/mol. The molecule has 3 aliphatic heterocycles. The van der Waals surface area contributed by atoms with Gasteiger partial charge in [0.15, 0.2) is 5.60 Å². The number of ether oxygens (including phenoxy) is 4. The zero-order valence-electron chi connectivity index (χ0n) is 51.9. The number of carbonyl (C=O) groups is 8. The number of hydrogen-bond donors (Lipinski definition) is 7. The van der Waals surface area contributed by atoms with Crippen molar-refractivity contribution in [3.8, 4) is 17.1 Å². The van der Waals surface area contributed by atoms with Crippen LogP contribution in [0.15, 0.2) is 102 Å². The minimum absolute atomic E-state index is 0.00233. The Hall–Kier alpha value is -9.74. The molecule has 0 spiro atoms. The number of para-hydroxylation sites is 1. The summed E-state index contributed by atoms with van der Waals surface area (Å²) in [5, 5.41) is 25.8. The molecule has 6 aromatic rings. The average Bonchev–Trinajstić information content (AvgIpc) is 1.60. The SMILES string of the molecule is CCc1c2c(nc3ccc(OC(=O)OCc4ccc(NC(=O)[C@H](CCCNC(N)=O)NC(=O)[C@@H](NC(=O)CC(C)OCCC(C)NC(=O)CCC(=O)N5Cc6ccccc6/C=C\c6ccccc65)C(C)C)cc4)cc13)-c1cc3c(c(=O)n1C2)COC(=O)[C@]3(O)CC. The fourth-order valence-corrected chi connectivity index (χ4v) is 11.5. The highest BCUT2D eigenvalue weighted by atomic mass is 16.7. The summed E-state index contributed by atoms with van der Waals surface area (Å²) < 4.78 is 23.8. The van der Waals surface area contributed by atoms with Crippen LogP contribution in [0.25, 0.3) is 34.4 Å². The van der Waals surface area contributed by atoms with E-state index < -0.39 is 65.6 Å². The second-order valence-corrected chi connectivity index (χ2v) is 23.4. The lowest BCUT2D eigenvalue weighted by atomic mass is 9.86. The van der Waals surface area contributed by atoms with Crippen molar-refractivity contribution >= 4 is 82.1 Å². The van der Waals surface area contributed by atoms with Gasteiger partial charge in [-0.15, -0.1) is 0 Å². The number of urea groups is 1. The molecule has 23 heteroatoms. The summed E-state index contributed by atoms with van der Waals surface area (Å²) in [5.74, 6) is -3.11. The molecule has 3 aliphatic rings. The quantitative estimate of drug-likeness (QED) is 0.0165. The zero-order chi connectivity index (χ0) is 65.1. The highest BCUT2D eigenvalue weighted by Crippen LogP contribution is 2.41. The van der Waals surface area contributed by atoms with Crippen molar-refractivity contribution in [1.82, 2.24) is 30.8 Å². The number of esters is 1. The smallest absolute Gasteiger partial charge is 0.458 e. The molecule has 8 N–H and O–H groups in total. The van der Waals surface area contributed by atoms with E-state index in [-0.39, 0.29) is 112 Å². The lowest BCUT2D eigenvalue weighted by Crippen LogP contribution is -2.54. The number of cyclic esters (lactones) is 1. The summed E-state index contributed by atoms with van der Waals surface area (Å²) in [4.78, 5) is 125. The van der Waals surface area contributed by atoms with Gasteiger partial charge in [-0.25, -0.2) is 19.4 Å². The number of fused-ring (bicyclic) bond motifs is 7. The third-order valence-electron chi connectivity index (χ3n) is 16.5. The van der Waals surface area contributed by atoms with Gasteiger partial charge in [0.05, 0.1) is 53.8 Å². The Kier molecular flexibility index (Phi) is 21.1. The van der Waals surface area contributed by atoms with Gasteiger partial charge in [-0.05, 0) is 122 Å². The number of pyridine rings is 2. The Labute approximate surface area is 526 Å². The molecule has 9 rings (SSSR count). The summed E-state index contributed by atoms with van der Waals surface area (Å²) in [6.45, 7) is 11.1. The Morgan fingerprint density at radius 1 is 0.802 bits per heavy atom. The number of anilines is 2. The van der Waals surface area contributed by atoms with Gasteiger partial charge in [0.1, 0.15) is 31.0 Å². The van der Waals surface area contributed by atoms with Gasteiger partial charge in [0.25, 0.3) is 5.56 Å². The first-order chi connectivity index (χ1) is 43.6. The topological polar surface area (TPSA) is 318 Å². The van der Waals surface area contributed by atoms with E-state index in [0.29, 0.717) is 52.9 Å². The molecule has 7 amide bonds. The standard InChI is InChI=1S/C68H77N9O14/c1-7-48-49-33-47(25-26-53(49)73-61-50(48)36-77-56(61)34-52-51(64(77)83)38-89-65(84)68(52,87)8-2)91-67(86)90-37-42-19-23-46(24-20-42)72-62(81)54(17-13-30-70-66(69)85)74-63(82)60(39(3)4)75-58(79)32-41(6)88-31-29-40(5)71-57(78)27-28-59(80)76-35-45-16-10-9-14-43(45)21-22-44-15-11-12-18-55(44)76/h9-12,14-16,18-26,33-34,39-41,54,60,87H,7-8,13,17,27-32,35-38H2,1-6H3,(H,71,78)(H,72,81)(H,74,82)(H,75,79)(H3,69,70,85)/b22-21-/t40?,41?,54-,60-,68-/m0/s1. The van der Waals surface area contributed by atoms with E-state index in [9.17, 15) is 48.3 Å². The van der Waals surface area contributed by atoms with Gasteiger partial charge < -0.3 is 65.8 Å². The zero-order valence-corrected chi connectivity index (χ0v) is 51.9. The molecule has 2 unspecified atom stereocenters. The molecular formula is C68H77N9O14. The van der Waals surface area contributed by atoms with Crippen LogP contribution in [-0.4, -0.2) is 99.7 Å². The van der Waals surface area contributed by atoms with Crippen LogP contribution in [0.2, 0.25) is 0 Å². The molecule has 23 nitrogen and oxygen atoms in total. The van der Waals surface area contributed by atoms with E-state index in [0.717, 1.165) is 33.5 Å². The third kappa shape index (κ3) is 15.6. The normalized spacial score (nSPS) is 16.1. The van der Waals surface area contributed by atoms with E-state index >= 15 is 0 Å². The maximum absolute atomic E-state index is 13.9. The predicted octanol–water partition coefficient (Wildman–Crippen LogP) is 7.56. The van der Waals surface area contributed by atoms with Crippen molar-refractivity contribution in [2.45, 2.75) is 149 Å². The van der Waals surface area contributed by atoms with Gasteiger partial charge in [0.2, 0.25) is 29.5 Å². The van der Waals surface area contributed by atoms with Crippen LogP contribution in [0.4, 0.5) is 21.0 Å². The number of nitrogens with two attached hydrogens (primary N) is 1. The van der Waals surface area contributed by atoms with Gasteiger partial charge in [0, 0.05) is 54.2 Å². The van der Waals surface area contributed by atoms with Crippen molar-refractivity contribution in [2.75, 3.05) is 23.4 Å². The van der Waals surface area contributed by atoms with Crippen LogP contribution in [0.1, 0.15) is 131 Å². The number of aliphatic hydroxyl groups is 1. The van der Waals surface area contributed by atoms with Crippen molar-refractivity contribution < 1.29 is 62.4 Å². The van der Waals surface area contributed by atoms with Gasteiger partial charge in [-0.1, -0.05) is 94.4 Å². The predicted molar refractivity (Wildman–Crippen MR) is 340 cm³/mol. The molecule has 0 saturated heterocycles. The van der Waals surface area contributed by atoms with Crippen LogP contribution in [0.5, 0.6) is 5.75 Å². The molecule has 4 aromatic carbocycles.